The molecule has 2 atom stereocenters. The number of piperidine rings is 1. The number of nitrogens with zero attached hydrogens (tertiary/aromatic N) is 1. The SMILES string of the molecule is Bc1c(-c2cccc(Cl)c2Cl)noc1[C@H]1CNCC[C@]1(O)c1ccc(C)c(F)c1. The molecule has 3 aromatic rings. The molecule has 0 saturated carbocycles. The van der Waals surface area contributed by atoms with Crippen molar-refractivity contribution >= 4 is 36.5 Å². The summed E-state index contributed by atoms with van der Waals surface area (Å²) in [5.41, 5.74) is 1.81. The van der Waals surface area contributed by atoms with Crippen molar-refractivity contribution < 1.29 is 14.0 Å². The highest BCUT2D eigenvalue weighted by Crippen LogP contribution is 2.42. The van der Waals surface area contributed by atoms with Crippen LogP contribution in [0.2, 0.25) is 10.0 Å². The molecule has 4 nitrogen and oxygen atoms in total. The van der Waals surface area contributed by atoms with E-state index in [1.54, 1.807) is 31.2 Å². The maximum Gasteiger partial charge on any atom is 0.147 e. The second kappa shape index (κ2) is 7.76. The summed E-state index contributed by atoms with van der Waals surface area (Å²) in [5, 5.41) is 20.0. The predicted octanol–water partition coefficient (Wildman–Crippen LogP) is 3.32. The summed E-state index contributed by atoms with van der Waals surface area (Å²) in [6.45, 7) is 2.79. The van der Waals surface area contributed by atoms with Gasteiger partial charge in [0.25, 0.3) is 0 Å². The van der Waals surface area contributed by atoms with Gasteiger partial charge < -0.3 is 14.9 Å². The van der Waals surface area contributed by atoms with E-state index in [0.717, 1.165) is 5.46 Å². The van der Waals surface area contributed by atoms with Crippen LogP contribution in [-0.2, 0) is 5.60 Å². The van der Waals surface area contributed by atoms with Gasteiger partial charge in [0.05, 0.1) is 16.0 Å². The van der Waals surface area contributed by atoms with Crippen molar-refractivity contribution in [1.29, 1.82) is 0 Å². The van der Waals surface area contributed by atoms with Gasteiger partial charge in [0, 0.05) is 12.1 Å². The molecule has 1 aliphatic rings. The fraction of sp³-hybridized carbons (Fsp3) is 0.286. The fourth-order valence-corrected chi connectivity index (χ4v) is 4.39. The van der Waals surface area contributed by atoms with Gasteiger partial charge >= 0.3 is 0 Å². The van der Waals surface area contributed by atoms with Crippen molar-refractivity contribution in [1.82, 2.24) is 10.5 Å². The summed E-state index contributed by atoms with van der Waals surface area (Å²) in [4.78, 5) is 0. The lowest BCUT2D eigenvalue weighted by atomic mass is 9.72. The zero-order valence-corrected chi connectivity index (χ0v) is 17.6. The van der Waals surface area contributed by atoms with Gasteiger partial charge in [-0.3, -0.25) is 0 Å². The Balaban J connectivity index is 1.79. The van der Waals surface area contributed by atoms with Gasteiger partial charge in [-0.15, -0.1) is 0 Å². The van der Waals surface area contributed by atoms with Gasteiger partial charge in [-0.1, -0.05) is 52.6 Å². The normalized spacial score (nSPS) is 22.0. The van der Waals surface area contributed by atoms with E-state index in [0.29, 0.717) is 57.7 Å². The maximum atomic E-state index is 14.2. The molecule has 2 N–H and O–H groups in total. The van der Waals surface area contributed by atoms with Crippen LogP contribution in [0.4, 0.5) is 4.39 Å². The molecule has 1 saturated heterocycles. The van der Waals surface area contributed by atoms with Crippen molar-refractivity contribution in [2.75, 3.05) is 13.1 Å². The predicted molar refractivity (Wildman–Crippen MR) is 115 cm³/mol. The lowest BCUT2D eigenvalue weighted by molar-refractivity contribution is -0.0229. The zero-order valence-electron chi connectivity index (χ0n) is 16.1. The van der Waals surface area contributed by atoms with E-state index in [1.165, 1.54) is 6.07 Å². The highest BCUT2D eigenvalue weighted by Gasteiger charge is 2.44. The lowest BCUT2D eigenvalue weighted by Crippen LogP contribution is -2.47. The van der Waals surface area contributed by atoms with Gasteiger partial charge in [0.2, 0.25) is 0 Å². The smallest absolute Gasteiger partial charge is 0.147 e. The molecule has 150 valence electrons. The minimum Gasteiger partial charge on any atom is -0.384 e. The third kappa shape index (κ3) is 3.48. The number of aromatic nitrogens is 1. The molecule has 2 aromatic carbocycles. The van der Waals surface area contributed by atoms with Crippen molar-refractivity contribution in [3.8, 4) is 11.3 Å². The molecule has 0 spiro atoms. The zero-order chi connectivity index (χ0) is 20.8. The molecule has 1 aromatic heterocycles. The summed E-state index contributed by atoms with van der Waals surface area (Å²) >= 11 is 12.5. The number of nitrogens with one attached hydrogen (secondary N) is 1. The van der Waals surface area contributed by atoms with E-state index in [4.69, 9.17) is 27.7 Å². The van der Waals surface area contributed by atoms with Crippen LogP contribution in [-0.4, -0.2) is 31.2 Å². The van der Waals surface area contributed by atoms with Crippen molar-refractivity contribution in [2.45, 2.75) is 24.9 Å². The molecule has 0 radical (unpaired) electrons. The van der Waals surface area contributed by atoms with Gasteiger partial charge in [0.1, 0.15) is 30.7 Å². The van der Waals surface area contributed by atoms with Crippen LogP contribution in [0.3, 0.4) is 0 Å². The first kappa shape index (κ1) is 20.4. The van der Waals surface area contributed by atoms with Gasteiger partial charge in [-0.25, -0.2) is 4.39 Å². The largest absolute Gasteiger partial charge is 0.384 e. The topological polar surface area (TPSA) is 58.3 Å². The molecule has 0 unspecified atom stereocenters. The first-order chi connectivity index (χ1) is 13.8. The van der Waals surface area contributed by atoms with E-state index < -0.39 is 11.5 Å². The first-order valence-electron chi connectivity index (χ1n) is 9.43. The van der Waals surface area contributed by atoms with Gasteiger partial charge in [0.15, 0.2) is 0 Å². The van der Waals surface area contributed by atoms with Gasteiger partial charge in [-0.2, -0.15) is 0 Å². The van der Waals surface area contributed by atoms with Crippen LogP contribution in [0, 0.1) is 12.7 Å². The molecule has 1 fully saturated rings. The summed E-state index contributed by atoms with van der Waals surface area (Å²) in [6.07, 6.45) is 0.424. The van der Waals surface area contributed by atoms with Crippen molar-refractivity contribution in [3.05, 3.63) is 69.1 Å². The Morgan fingerprint density at radius 3 is 2.86 bits per heavy atom. The van der Waals surface area contributed by atoms with Crippen molar-refractivity contribution in [3.63, 3.8) is 0 Å². The molecule has 29 heavy (non-hydrogen) atoms. The molecule has 2 heterocycles. The van der Waals surface area contributed by atoms with Crippen LogP contribution in [0.25, 0.3) is 11.3 Å². The number of aliphatic hydroxyl groups is 1. The van der Waals surface area contributed by atoms with Crippen LogP contribution in [0.5, 0.6) is 0 Å². The molecule has 1 aliphatic heterocycles. The molecular weight excluding hydrogens is 413 g/mol. The monoisotopic (exact) mass is 432 g/mol. The molecule has 0 bridgehead atoms. The Labute approximate surface area is 179 Å². The number of hydrogen-bond donors (Lipinski definition) is 2. The van der Waals surface area contributed by atoms with Crippen LogP contribution >= 0.6 is 23.2 Å². The number of halogens is 3. The van der Waals surface area contributed by atoms with Gasteiger partial charge in [-0.05, 0) is 48.6 Å². The Morgan fingerprint density at radius 2 is 2.10 bits per heavy atom. The quantitative estimate of drug-likeness (QED) is 0.623. The number of benzene rings is 2. The molecule has 0 aliphatic carbocycles. The van der Waals surface area contributed by atoms with E-state index in [2.05, 4.69) is 10.5 Å². The average Bonchev–Trinajstić information content (AvgIpc) is 3.07. The van der Waals surface area contributed by atoms with Crippen LogP contribution in [0.15, 0.2) is 40.9 Å². The van der Waals surface area contributed by atoms with Crippen LogP contribution < -0.4 is 10.8 Å². The van der Waals surface area contributed by atoms with E-state index in [1.807, 2.05) is 13.9 Å². The second-order valence-electron chi connectivity index (χ2n) is 7.52. The highest BCUT2D eigenvalue weighted by molar-refractivity contribution is 6.44. The molecule has 4 rings (SSSR count). The standard InChI is InChI=1S/C21H20BCl2FN2O2/c1-11-5-6-12(9-16(11)25)21(28)7-8-26-10-14(21)20-17(22)19(27-29-20)13-3-2-4-15(23)18(13)24/h2-6,9,14,26,28H,7-8,10,22H2,1H3/t14-,21+/m1/s1. The number of rotatable bonds is 3. The summed E-state index contributed by atoms with van der Waals surface area (Å²) < 4.78 is 19.9. The maximum absolute atomic E-state index is 14.2. The number of aryl methyl sites for hydroxylation is 1. The van der Waals surface area contributed by atoms with E-state index in [-0.39, 0.29) is 5.82 Å². The van der Waals surface area contributed by atoms with Crippen LogP contribution in [0.1, 0.15) is 29.2 Å². The van der Waals surface area contributed by atoms with E-state index in [9.17, 15) is 9.50 Å². The lowest BCUT2D eigenvalue weighted by Gasteiger charge is -2.40. The Bertz CT molecular complexity index is 1070. The highest BCUT2D eigenvalue weighted by atomic mass is 35.5. The van der Waals surface area contributed by atoms with E-state index >= 15 is 0 Å². The van der Waals surface area contributed by atoms with Crippen molar-refractivity contribution in [2.24, 2.45) is 0 Å². The molecule has 8 heteroatoms. The Hall–Kier alpha value is -1.86. The second-order valence-corrected chi connectivity index (χ2v) is 8.30. The summed E-state index contributed by atoms with van der Waals surface area (Å²) in [5.74, 6) is -0.224. The molecular formula is C21H20BCl2FN2O2. The fourth-order valence-electron chi connectivity index (χ4n) is 4.00. The minimum absolute atomic E-state index is 0.339. The number of hydrogen-bond acceptors (Lipinski definition) is 4. The summed E-state index contributed by atoms with van der Waals surface area (Å²) in [7, 11) is 1.88. The third-order valence-electron chi connectivity index (χ3n) is 5.76. The Kier molecular flexibility index (Phi) is 5.47. The minimum atomic E-state index is -1.28. The molecule has 0 amide bonds. The summed E-state index contributed by atoms with van der Waals surface area (Å²) in [6, 6.07) is 10.2. The average molecular weight is 433 g/mol. The first-order valence-corrected chi connectivity index (χ1v) is 10.2. The Morgan fingerprint density at radius 1 is 1.31 bits per heavy atom. The third-order valence-corrected chi connectivity index (χ3v) is 6.58.